The average molecular weight is 340 g/mol. The molecule has 1 aromatic carbocycles. The largest absolute Gasteiger partial charge is 0.494 e. The molecule has 5 nitrogen and oxygen atoms in total. The molecule has 0 spiro atoms. The number of hydrogen-bond acceptors (Lipinski definition) is 3. The first kappa shape index (κ1) is 16.4. The summed E-state index contributed by atoms with van der Waals surface area (Å²) < 4.78 is 5.05. The summed E-state index contributed by atoms with van der Waals surface area (Å²) in [6.07, 6.45) is 2.37. The molecule has 0 aliphatic heterocycles. The van der Waals surface area contributed by atoms with Crippen molar-refractivity contribution >= 4 is 34.9 Å². The van der Waals surface area contributed by atoms with Gasteiger partial charge in [0.2, 0.25) is 0 Å². The zero-order chi connectivity index (χ0) is 15.9. The number of nitrogens with one attached hydrogen (secondary N) is 2. The van der Waals surface area contributed by atoms with Crippen molar-refractivity contribution in [3.63, 3.8) is 0 Å². The Kier molecular flexibility index (Phi) is 5.86. The zero-order valence-corrected chi connectivity index (χ0v) is 13.4. The minimum absolute atomic E-state index is 0.332. The van der Waals surface area contributed by atoms with Gasteiger partial charge in [0.1, 0.15) is 0 Å². The predicted octanol–water partition coefficient (Wildman–Crippen LogP) is 3.76. The maximum Gasteiger partial charge on any atom is 0.319 e. The predicted molar refractivity (Wildman–Crippen MR) is 88.0 cm³/mol. The number of carbonyl (C=O) groups is 1. The molecule has 0 aliphatic rings. The van der Waals surface area contributed by atoms with Gasteiger partial charge in [0.05, 0.1) is 17.2 Å². The summed E-state index contributed by atoms with van der Waals surface area (Å²) in [6.45, 7) is 0.473. The number of urea groups is 1. The van der Waals surface area contributed by atoms with E-state index in [4.69, 9.17) is 27.9 Å². The van der Waals surface area contributed by atoms with Gasteiger partial charge in [-0.2, -0.15) is 0 Å². The van der Waals surface area contributed by atoms with Gasteiger partial charge in [0, 0.05) is 30.5 Å². The first-order valence-corrected chi connectivity index (χ1v) is 7.33. The second kappa shape index (κ2) is 7.87. The van der Waals surface area contributed by atoms with Crippen molar-refractivity contribution in [1.82, 2.24) is 10.3 Å². The molecule has 0 radical (unpaired) electrons. The number of ether oxygens (including phenoxy) is 1. The van der Waals surface area contributed by atoms with Crippen LogP contribution in [0.3, 0.4) is 0 Å². The van der Waals surface area contributed by atoms with Crippen molar-refractivity contribution < 1.29 is 9.53 Å². The van der Waals surface area contributed by atoms with Gasteiger partial charge >= 0.3 is 6.03 Å². The van der Waals surface area contributed by atoms with Crippen LogP contribution in [0.5, 0.6) is 5.75 Å². The SMILES string of the molecule is COc1c(Cl)cc(NC(=O)NCCc2ccccn2)cc1Cl. The van der Waals surface area contributed by atoms with Crippen molar-refractivity contribution in [2.75, 3.05) is 19.0 Å². The highest BCUT2D eigenvalue weighted by atomic mass is 35.5. The Morgan fingerprint density at radius 3 is 2.59 bits per heavy atom. The summed E-state index contributed by atoms with van der Waals surface area (Å²) in [5.41, 5.74) is 1.41. The average Bonchev–Trinajstić information content (AvgIpc) is 2.48. The number of halogens is 2. The molecule has 116 valence electrons. The number of carbonyl (C=O) groups excluding carboxylic acids is 1. The monoisotopic (exact) mass is 339 g/mol. The highest BCUT2D eigenvalue weighted by molar-refractivity contribution is 6.37. The lowest BCUT2D eigenvalue weighted by molar-refractivity contribution is 0.252. The Labute approximate surface area is 138 Å². The topological polar surface area (TPSA) is 63.2 Å². The minimum Gasteiger partial charge on any atom is -0.494 e. The molecule has 0 bridgehead atoms. The van der Waals surface area contributed by atoms with E-state index in [1.807, 2.05) is 18.2 Å². The fourth-order valence-electron chi connectivity index (χ4n) is 1.85. The highest BCUT2D eigenvalue weighted by Gasteiger charge is 2.10. The van der Waals surface area contributed by atoms with Crippen LogP contribution in [0.1, 0.15) is 5.69 Å². The number of benzene rings is 1. The summed E-state index contributed by atoms with van der Waals surface area (Å²) in [5.74, 6) is 0.379. The van der Waals surface area contributed by atoms with E-state index in [0.29, 0.717) is 34.4 Å². The highest BCUT2D eigenvalue weighted by Crippen LogP contribution is 2.35. The molecular formula is C15H15Cl2N3O2. The molecule has 0 saturated heterocycles. The van der Waals surface area contributed by atoms with Gasteiger partial charge in [-0.1, -0.05) is 29.3 Å². The quantitative estimate of drug-likeness (QED) is 0.871. The number of nitrogens with zero attached hydrogens (tertiary/aromatic N) is 1. The molecule has 0 saturated carbocycles. The van der Waals surface area contributed by atoms with Crippen LogP contribution in [-0.2, 0) is 6.42 Å². The maximum absolute atomic E-state index is 11.8. The van der Waals surface area contributed by atoms with Crippen molar-refractivity contribution in [1.29, 1.82) is 0 Å². The molecule has 2 aromatic rings. The van der Waals surface area contributed by atoms with E-state index in [0.717, 1.165) is 5.69 Å². The Morgan fingerprint density at radius 1 is 1.27 bits per heavy atom. The van der Waals surface area contributed by atoms with Gasteiger partial charge in [0.15, 0.2) is 5.75 Å². The first-order chi connectivity index (χ1) is 10.6. The zero-order valence-electron chi connectivity index (χ0n) is 11.9. The van der Waals surface area contributed by atoms with Gasteiger partial charge in [0.25, 0.3) is 0 Å². The molecule has 1 heterocycles. The standard InChI is InChI=1S/C15H15Cl2N3O2/c1-22-14-12(16)8-11(9-13(14)17)20-15(21)19-7-5-10-4-2-3-6-18-10/h2-4,6,8-9H,5,7H2,1H3,(H2,19,20,21). The Bertz CT molecular complexity index is 627. The molecule has 0 aliphatic carbocycles. The third-order valence-corrected chi connectivity index (χ3v) is 3.41. The van der Waals surface area contributed by atoms with Crippen LogP contribution in [0.2, 0.25) is 10.0 Å². The van der Waals surface area contributed by atoms with Crippen molar-refractivity contribution in [3.05, 3.63) is 52.3 Å². The lowest BCUT2D eigenvalue weighted by Crippen LogP contribution is -2.30. The number of rotatable bonds is 5. The molecule has 2 N–H and O–H groups in total. The fourth-order valence-corrected chi connectivity index (χ4v) is 2.49. The molecule has 0 fully saturated rings. The normalized spacial score (nSPS) is 10.1. The number of anilines is 1. The molecule has 22 heavy (non-hydrogen) atoms. The first-order valence-electron chi connectivity index (χ1n) is 6.58. The maximum atomic E-state index is 11.8. The van der Waals surface area contributed by atoms with Gasteiger partial charge in [-0.25, -0.2) is 4.79 Å². The Hall–Kier alpha value is -1.98. The molecule has 0 unspecified atom stereocenters. The van der Waals surface area contributed by atoms with Crippen molar-refractivity contribution in [2.45, 2.75) is 6.42 Å². The Balaban J connectivity index is 1.87. The molecule has 2 amide bonds. The fraction of sp³-hybridized carbons (Fsp3) is 0.200. The number of pyridine rings is 1. The van der Waals surface area contributed by atoms with Crippen molar-refractivity contribution in [3.8, 4) is 5.75 Å². The summed E-state index contributed by atoms with van der Waals surface area (Å²) in [7, 11) is 1.48. The van der Waals surface area contributed by atoms with Gasteiger partial charge in [-0.05, 0) is 24.3 Å². The van der Waals surface area contributed by atoms with Crippen LogP contribution in [0.4, 0.5) is 10.5 Å². The van der Waals surface area contributed by atoms with Gasteiger partial charge in [-0.3, -0.25) is 4.98 Å². The van der Waals surface area contributed by atoms with Crippen molar-refractivity contribution in [2.24, 2.45) is 0 Å². The summed E-state index contributed by atoms with van der Waals surface area (Å²) in [5, 5.41) is 6.07. The third-order valence-electron chi connectivity index (χ3n) is 2.85. The number of aromatic nitrogens is 1. The van der Waals surface area contributed by atoms with Gasteiger partial charge in [-0.15, -0.1) is 0 Å². The van der Waals surface area contributed by atoms with Crippen LogP contribution in [0, 0.1) is 0 Å². The van der Waals surface area contributed by atoms with E-state index < -0.39 is 0 Å². The lowest BCUT2D eigenvalue weighted by atomic mass is 10.3. The van der Waals surface area contributed by atoms with Crippen LogP contribution < -0.4 is 15.4 Å². The smallest absolute Gasteiger partial charge is 0.319 e. The van der Waals surface area contributed by atoms with Crippen LogP contribution in [-0.4, -0.2) is 24.7 Å². The lowest BCUT2D eigenvalue weighted by Gasteiger charge is -2.11. The van der Waals surface area contributed by atoms with Crippen LogP contribution >= 0.6 is 23.2 Å². The van der Waals surface area contributed by atoms with E-state index in [2.05, 4.69) is 15.6 Å². The van der Waals surface area contributed by atoms with Crippen LogP contribution in [0.25, 0.3) is 0 Å². The second-order valence-corrected chi connectivity index (χ2v) is 5.24. The third kappa shape index (κ3) is 4.51. The van der Waals surface area contributed by atoms with E-state index in [9.17, 15) is 4.79 Å². The molecule has 1 aromatic heterocycles. The molecular weight excluding hydrogens is 325 g/mol. The van der Waals surface area contributed by atoms with E-state index in [-0.39, 0.29) is 6.03 Å². The van der Waals surface area contributed by atoms with Gasteiger partial charge < -0.3 is 15.4 Å². The number of amides is 2. The van der Waals surface area contributed by atoms with E-state index in [1.54, 1.807) is 18.3 Å². The minimum atomic E-state index is -0.340. The Morgan fingerprint density at radius 2 is 2.00 bits per heavy atom. The van der Waals surface area contributed by atoms with Crippen LogP contribution in [0.15, 0.2) is 36.5 Å². The van der Waals surface area contributed by atoms with E-state index >= 15 is 0 Å². The summed E-state index contributed by atoms with van der Waals surface area (Å²) in [4.78, 5) is 16.0. The number of methoxy groups -OCH3 is 1. The number of hydrogen-bond donors (Lipinski definition) is 2. The molecule has 2 rings (SSSR count). The molecule has 0 atom stereocenters. The summed E-state index contributed by atoms with van der Waals surface area (Å²) >= 11 is 12.0. The second-order valence-electron chi connectivity index (χ2n) is 4.43. The van der Waals surface area contributed by atoms with E-state index in [1.165, 1.54) is 7.11 Å². The molecule has 7 heteroatoms. The summed E-state index contributed by atoms with van der Waals surface area (Å²) in [6, 6.07) is 8.47.